The molecule has 0 aromatic carbocycles. The van der Waals surface area contributed by atoms with Crippen molar-refractivity contribution in [3.63, 3.8) is 0 Å². The molecule has 0 saturated carbocycles. The molecule has 20 heavy (non-hydrogen) atoms. The molecule has 5 nitrogen and oxygen atoms in total. The van der Waals surface area contributed by atoms with Crippen LogP contribution in [0.15, 0.2) is 4.47 Å². The Morgan fingerprint density at radius 3 is 2.95 bits per heavy atom. The first kappa shape index (κ1) is 15.7. The first-order chi connectivity index (χ1) is 9.65. The van der Waals surface area contributed by atoms with Crippen molar-refractivity contribution in [3.8, 4) is 0 Å². The van der Waals surface area contributed by atoms with Crippen LogP contribution in [-0.4, -0.2) is 41.4 Å². The van der Waals surface area contributed by atoms with Crippen LogP contribution in [-0.2, 0) is 28.9 Å². The number of morpholine rings is 1. The standard InChI is InChI=1S/C14H22BrN3O2/c1-3-12-14(15)13(18(4-2)17-12)8-11(19)7-10-9-20-6-5-16-10/h10,16H,3-9H2,1-2H3. The second-order valence-electron chi connectivity index (χ2n) is 5.02. The van der Waals surface area contributed by atoms with Crippen molar-refractivity contribution in [2.45, 2.75) is 45.7 Å². The van der Waals surface area contributed by atoms with Gasteiger partial charge in [-0.3, -0.25) is 9.48 Å². The van der Waals surface area contributed by atoms with Crippen molar-refractivity contribution in [1.82, 2.24) is 15.1 Å². The molecular formula is C14H22BrN3O2. The molecule has 112 valence electrons. The van der Waals surface area contributed by atoms with Crippen molar-refractivity contribution < 1.29 is 9.53 Å². The van der Waals surface area contributed by atoms with Crippen LogP contribution in [0.25, 0.3) is 0 Å². The first-order valence-electron chi connectivity index (χ1n) is 7.22. The fraction of sp³-hybridized carbons (Fsp3) is 0.714. The molecule has 1 aromatic heterocycles. The highest BCUT2D eigenvalue weighted by Crippen LogP contribution is 2.23. The fourth-order valence-electron chi connectivity index (χ4n) is 2.47. The Labute approximate surface area is 128 Å². The van der Waals surface area contributed by atoms with Gasteiger partial charge in [0.15, 0.2) is 0 Å². The number of ketones is 1. The third kappa shape index (κ3) is 3.68. The Balaban J connectivity index is 2.01. The summed E-state index contributed by atoms with van der Waals surface area (Å²) in [4.78, 5) is 12.2. The van der Waals surface area contributed by atoms with Gasteiger partial charge in [0.25, 0.3) is 0 Å². The number of carbonyl (C=O) groups excluding carboxylic acids is 1. The van der Waals surface area contributed by atoms with Gasteiger partial charge in [0, 0.05) is 32.0 Å². The molecule has 1 aliphatic heterocycles. The number of hydrogen-bond acceptors (Lipinski definition) is 4. The number of aryl methyl sites for hydroxylation is 2. The topological polar surface area (TPSA) is 56.2 Å². The van der Waals surface area contributed by atoms with Gasteiger partial charge < -0.3 is 10.1 Å². The van der Waals surface area contributed by atoms with Gasteiger partial charge in [-0.2, -0.15) is 5.10 Å². The highest BCUT2D eigenvalue weighted by Gasteiger charge is 2.20. The number of Topliss-reactive ketones (excluding diaryl/α,β-unsaturated/α-hetero) is 1. The van der Waals surface area contributed by atoms with Crippen LogP contribution in [0.2, 0.25) is 0 Å². The van der Waals surface area contributed by atoms with Crippen molar-refractivity contribution in [2.24, 2.45) is 0 Å². The summed E-state index contributed by atoms with van der Waals surface area (Å²) >= 11 is 3.58. The van der Waals surface area contributed by atoms with Gasteiger partial charge in [0.05, 0.1) is 29.1 Å². The van der Waals surface area contributed by atoms with Crippen LogP contribution in [0, 0.1) is 0 Å². The Morgan fingerprint density at radius 1 is 1.55 bits per heavy atom. The van der Waals surface area contributed by atoms with Gasteiger partial charge >= 0.3 is 0 Å². The normalized spacial score (nSPS) is 19.2. The average molecular weight is 344 g/mol. The van der Waals surface area contributed by atoms with Crippen LogP contribution >= 0.6 is 15.9 Å². The zero-order valence-corrected chi connectivity index (χ0v) is 13.7. The molecule has 1 fully saturated rings. The fourth-order valence-corrected chi connectivity index (χ4v) is 3.18. The van der Waals surface area contributed by atoms with Gasteiger partial charge in [-0.15, -0.1) is 0 Å². The quantitative estimate of drug-likeness (QED) is 0.854. The number of carbonyl (C=O) groups is 1. The minimum Gasteiger partial charge on any atom is -0.379 e. The van der Waals surface area contributed by atoms with E-state index in [1.165, 1.54) is 0 Å². The number of rotatable bonds is 6. The minimum absolute atomic E-state index is 0.152. The summed E-state index contributed by atoms with van der Waals surface area (Å²) in [6.45, 7) is 7.09. The number of hydrogen-bond donors (Lipinski definition) is 1. The summed E-state index contributed by atoms with van der Waals surface area (Å²) in [6.07, 6.45) is 1.81. The van der Waals surface area contributed by atoms with Crippen LogP contribution in [0.4, 0.5) is 0 Å². The Hall–Kier alpha value is -0.720. The molecule has 1 aliphatic rings. The maximum absolute atomic E-state index is 12.2. The molecule has 1 atom stereocenters. The summed E-state index contributed by atoms with van der Waals surface area (Å²) in [5.41, 5.74) is 2.01. The van der Waals surface area contributed by atoms with Crippen molar-refractivity contribution in [3.05, 3.63) is 15.9 Å². The molecule has 1 aromatic rings. The van der Waals surface area contributed by atoms with Crippen molar-refractivity contribution in [1.29, 1.82) is 0 Å². The second-order valence-corrected chi connectivity index (χ2v) is 5.82. The van der Waals surface area contributed by atoms with Crippen molar-refractivity contribution in [2.75, 3.05) is 19.8 Å². The largest absolute Gasteiger partial charge is 0.379 e. The van der Waals surface area contributed by atoms with E-state index < -0.39 is 0 Å². The van der Waals surface area contributed by atoms with E-state index in [1.54, 1.807) is 0 Å². The lowest BCUT2D eigenvalue weighted by atomic mass is 10.1. The van der Waals surface area contributed by atoms with Crippen molar-refractivity contribution >= 4 is 21.7 Å². The summed E-state index contributed by atoms with van der Waals surface area (Å²) in [5.74, 6) is 0.228. The molecular weight excluding hydrogens is 322 g/mol. The van der Waals surface area contributed by atoms with Crippen LogP contribution in [0.5, 0.6) is 0 Å². The number of ether oxygens (including phenoxy) is 1. The Bertz CT molecular complexity index is 467. The lowest BCUT2D eigenvalue weighted by Gasteiger charge is -2.23. The Kier molecular flexibility index (Phi) is 5.74. The first-order valence-corrected chi connectivity index (χ1v) is 8.01. The summed E-state index contributed by atoms with van der Waals surface area (Å²) in [6, 6.07) is 0.152. The molecule has 1 saturated heterocycles. The SMILES string of the molecule is CCc1nn(CC)c(CC(=O)CC2COCCN2)c1Br. The third-order valence-corrected chi connectivity index (χ3v) is 4.45. The molecule has 1 N–H and O–H groups in total. The van der Waals surface area contributed by atoms with Crippen LogP contribution < -0.4 is 5.32 Å². The predicted octanol–water partition coefficient (Wildman–Crippen LogP) is 1.72. The molecule has 0 aliphatic carbocycles. The molecule has 1 unspecified atom stereocenters. The molecule has 2 heterocycles. The van der Waals surface area contributed by atoms with Gasteiger partial charge in [-0.05, 0) is 29.3 Å². The van der Waals surface area contributed by atoms with Gasteiger partial charge in [0.1, 0.15) is 5.78 Å². The van der Waals surface area contributed by atoms with E-state index in [-0.39, 0.29) is 11.8 Å². The van der Waals surface area contributed by atoms with Gasteiger partial charge in [0.2, 0.25) is 0 Å². The minimum atomic E-state index is 0.152. The van der Waals surface area contributed by atoms with E-state index in [0.29, 0.717) is 19.4 Å². The average Bonchev–Trinajstić information content (AvgIpc) is 2.76. The van der Waals surface area contributed by atoms with E-state index in [1.807, 2.05) is 11.6 Å². The number of nitrogens with zero attached hydrogens (tertiary/aromatic N) is 2. The van der Waals surface area contributed by atoms with E-state index in [2.05, 4.69) is 33.3 Å². The molecule has 0 bridgehead atoms. The number of nitrogens with one attached hydrogen (secondary N) is 1. The molecule has 0 spiro atoms. The lowest BCUT2D eigenvalue weighted by molar-refractivity contribution is -0.119. The summed E-state index contributed by atoms with van der Waals surface area (Å²) < 4.78 is 8.29. The maximum atomic E-state index is 12.2. The molecule has 0 amide bonds. The predicted molar refractivity (Wildman–Crippen MR) is 80.9 cm³/mol. The van der Waals surface area contributed by atoms with Gasteiger partial charge in [-0.1, -0.05) is 6.92 Å². The van der Waals surface area contributed by atoms with E-state index in [4.69, 9.17) is 4.74 Å². The second kappa shape index (κ2) is 7.33. The Morgan fingerprint density at radius 2 is 2.35 bits per heavy atom. The van der Waals surface area contributed by atoms with E-state index in [9.17, 15) is 4.79 Å². The molecule has 0 radical (unpaired) electrons. The molecule has 6 heteroatoms. The smallest absolute Gasteiger partial charge is 0.140 e. The number of aromatic nitrogens is 2. The van der Waals surface area contributed by atoms with Crippen LogP contribution in [0.1, 0.15) is 31.7 Å². The summed E-state index contributed by atoms with van der Waals surface area (Å²) in [5, 5.41) is 7.84. The monoisotopic (exact) mass is 343 g/mol. The molecule has 2 rings (SSSR count). The third-order valence-electron chi connectivity index (χ3n) is 3.53. The zero-order valence-electron chi connectivity index (χ0n) is 12.1. The highest BCUT2D eigenvalue weighted by atomic mass is 79.9. The number of halogens is 1. The van der Waals surface area contributed by atoms with Gasteiger partial charge in [-0.25, -0.2) is 0 Å². The lowest BCUT2D eigenvalue weighted by Crippen LogP contribution is -2.42. The summed E-state index contributed by atoms with van der Waals surface area (Å²) in [7, 11) is 0. The maximum Gasteiger partial charge on any atom is 0.140 e. The highest BCUT2D eigenvalue weighted by molar-refractivity contribution is 9.10. The zero-order chi connectivity index (χ0) is 14.5. The van der Waals surface area contributed by atoms with Crippen LogP contribution in [0.3, 0.4) is 0 Å². The van der Waals surface area contributed by atoms with E-state index in [0.717, 1.165) is 42.0 Å². The van der Waals surface area contributed by atoms with E-state index >= 15 is 0 Å².